The molecule has 2 saturated heterocycles. The summed E-state index contributed by atoms with van der Waals surface area (Å²) in [5.74, 6) is 1.42. The third-order valence-electron chi connectivity index (χ3n) is 8.24. The van der Waals surface area contributed by atoms with E-state index >= 15 is 0 Å². The first-order chi connectivity index (χ1) is 19.2. The molecule has 0 amide bonds. The number of ether oxygens (including phenoxy) is 2. The van der Waals surface area contributed by atoms with Crippen LogP contribution in [0.1, 0.15) is 30.1 Å². The third-order valence-corrected chi connectivity index (χ3v) is 8.24. The Morgan fingerprint density at radius 3 is 2.46 bits per heavy atom. The zero-order chi connectivity index (χ0) is 26.3. The van der Waals surface area contributed by atoms with Gasteiger partial charge in [0.25, 0.3) is 0 Å². The predicted octanol–water partition coefficient (Wildman–Crippen LogP) is 4.54. The quantitative estimate of drug-likeness (QED) is 0.334. The van der Waals surface area contributed by atoms with E-state index in [0.717, 1.165) is 83.9 Å². The monoisotopic (exact) mass is 523 g/mol. The Morgan fingerprint density at radius 1 is 0.949 bits per heavy atom. The highest BCUT2D eigenvalue weighted by Crippen LogP contribution is 2.43. The maximum atomic E-state index is 5.82. The molecule has 200 valence electrons. The molecule has 5 aromatic rings. The van der Waals surface area contributed by atoms with E-state index in [1.54, 1.807) is 0 Å². The van der Waals surface area contributed by atoms with Crippen molar-refractivity contribution >= 4 is 27.8 Å². The van der Waals surface area contributed by atoms with Gasteiger partial charge in [-0.15, -0.1) is 5.10 Å². The van der Waals surface area contributed by atoms with E-state index < -0.39 is 0 Å². The smallest absolute Gasteiger partial charge is 0.153 e. The fraction of sp³-hybridized carbons (Fsp3) is 0.400. The van der Waals surface area contributed by atoms with Gasteiger partial charge in [0.15, 0.2) is 5.82 Å². The summed E-state index contributed by atoms with van der Waals surface area (Å²) in [7, 11) is 1.93. The highest BCUT2D eigenvalue weighted by molar-refractivity contribution is 6.10. The molecule has 0 unspecified atom stereocenters. The van der Waals surface area contributed by atoms with Crippen molar-refractivity contribution in [2.45, 2.75) is 25.8 Å². The SMILES string of the molecule is Cc1nnn(C)c1-c1cnc2c3ccnc(N4CCOCC4)c3n([C@H](c3ccccc3)C3CCOCC3)c2c1. The molecule has 1 aromatic carbocycles. The van der Waals surface area contributed by atoms with Crippen LogP contribution in [0.15, 0.2) is 54.9 Å². The summed E-state index contributed by atoms with van der Waals surface area (Å²) >= 11 is 0. The predicted molar refractivity (Wildman–Crippen MR) is 151 cm³/mol. The molecule has 0 aliphatic carbocycles. The van der Waals surface area contributed by atoms with Crippen LogP contribution >= 0.6 is 0 Å². The van der Waals surface area contributed by atoms with Crippen LogP contribution in [0.5, 0.6) is 0 Å². The first kappa shape index (κ1) is 24.2. The van der Waals surface area contributed by atoms with E-state index in [9.17, 15) is 0 Å². The number of hydrogen-bond acceptors (Lipinski definition) is 7. The van der Waals surface area contributed by atoms with E-state index in [-0.39, 0.29) is 6.04 Å². The van der Waals surface area contributed by atoms with E-state index in [0.29, 0.717) is 19.1 Å². The zero-order valence-corrected chi connectivity index (χ0v) is 22.5. The van der Waals surface area contributed by atoms with Gasteiger partial charge in [0.1, 0.15) is 0 Å². The summed E-state index contributed by atoms with van der Waals surface area (Å²) in [5, 5.41) is 9.69. The largest absolute Gasteiger partial charge is 0.381 e. The van der Waals surface area contributed by atoms with Crippen LogP contribution in [0.25, 0.3) is 33.2 Å². The molecule has 2 fully saturated rings. The Kier molecular flexibility index (Phi) is 6.25. The van der Waals surface area contributed by atoms with E-state index in [1.807, 2.05) is 31.0 Å². The maximum Gasteiger partial charge on any atom is 0.153 e. The minimum absolute atomic E-state index is 0.113. The van der Waals surface area contributed by atoms with Gasteiger partial charge in [0, 0.05) is 56.7 Å². The Morgan fingerprint density at radius 2 is 1.72 bits per heavy atom. The first-order valence-electron chi connectivity index (χ1n) is 13.8. The van der Waals surface area contributed by atoms with Gasteiger partial charge >= 0.3 is 0 Å². The molecule has 6 heterocycles. The van der Waals surface area contributed by atoms with Crippen LogP contribution in [0.3, 0.4) is 0 Å². The van der Waals surface area contributed by atoms with Gasteiger partial charge in [-0.05, 0) is 43.4 Å². The van der Waals surface area contributed by atoms with Crippen molar-refractivity contribution in [2.24, 2.45) is 13.0 Å². The van der Waals surface area contributed by atoms with Gasteiger partial charge in [-0.25, -0.2) is 9.67 Å². The van der Waals surface area contributed by atoms with Gasteiger partial charge in [-0.1, -0.05) is 35.5 Å². The summed E-state index contributed by atoms with van der Waals surface area (Å²) in [6, 6.07) is 15.4. The number of benzene rings is 1. The summed E-state index contributed by atoms with van der Waals surface area (Å²) in [5.41, 5.74) is 7.41. The van der Waals surface area contributed by atoms with Crippen LogP contribution < -0.4 is 4.90 Å². The van der Waals surface area contributed by atoms with Crippen molar-refractivity contribution in [3.05, 3.63) is 66.1 Å². The summed E-state index contributed by atoms with van der Waals surface area (Å²) in [6.07, 6.45) is 5.89. The standard InChI is InChI=1S/C30H33N7O2/c1-20-27(35(2)34-33-20)23-18-25-26(32-19-23)24-8-11-31-30(36-12-16-39-17-13-36)29(24)37(25)28(21-6-4-3-5-7-21)22-9-14-38-15-10-22/h3-8,11,18-19,22,28H,9-10,12-17H2,1-2H3/t28-/m1/s1. The maximum absolute atomic E-state index is 5.82. The summed E-state index contributed by atoms with van der Waals surface area (Å²) < 4.78 is 15.9. The van der Waals surface area contributed by atoms with Crippen LogP contribution in [0.2, 0.25) is 0 Å². The Hall–Kier alpha value is -3.82. The van der Waals surface area contributed by atoms with Gasteiger partial charge in [0.2, 0.25) is 0 Å². The molecule has 0 bridgehead atoms. The highest BCUT2D eigenvalue weighted by Gasteiger charge is 2.32. The Labute approximate surface area is 227 Å². The molecule has 0 saturated carbocycles. The van der Waals surface area contributed by atoms with Crippen molar-refractivity contribution in [3.8, 4) is 11.3 Å². The lowest BCUT2D eigenvalue weighted by Gasteiger charge is -2.34. The van der Waals surface area contributed by atoms with Gasteiger partial charge < -0.3 is 18.9 Å². The van der Waals surface area contributed by atoms with Crippen molar-refractivity contribution < 1.29 is 9.47 Å². The number of rotatable bonds is 5. The lowest BCUT2D eigenvalue weighted by atomic mass is 9.86. The number of pyridine rings is 2. The topological polar surface area (TPSA) is 83.1 Å². The van der Waals surface area contributed by atoms with Gasteiger partial charge in [0.05, 0.1) is 47.2 Å². The Balaban J connectivity index is 1.55. The number of anilines is 1. The van der Waals surface area contributed by atoms with E-state index in [1.165, 1.54) is 5.56 Å². The third kappa shape index (κ3) is 4.17. The molecule has 0 radical (unpaired) electrons. The van der Waals surface area contributed by atoms with Crippen molar-refractivity contribution in [1.82, 2.24) is 29.5 Å². The minimum Gasteiger partial charge on any atom is -0.381 e. The number of aryl methyl sites for hydroxylation is 2. The minimum atomic E-state index is 0.113. The molecular formula is C30H33N7O2. The number of aromatic nitrogens is 6. The van der Waals surface area contributed by atoms with Gasteiger partial charge in [-0.3, -0.25) is 4.98 Å². The lowest BCUT2D eigenvalue weighted by Crippen LogP contribution is -2.37. The first-order valence-corrected chi connectivity index (χ1v) is 13.8. The fourth-order valence-corrected chi connectivity index (χ4v) is 6.43. The molecule has 2 aliphatic heterocycles. The molecule has 1 atom stereocenters. The number of hydrogen-bond donors (Lipinski definition) is 0. The fourth-order valence-electron chi connectivity index (χ4n) is 6.43. The van der Waals surface area contributed by atoms with Crippen LogP contribution in [-0.2, 0) is 16.5 Å². The second kappa shape index (κ2) is 10.1. The molecule has 9 nitrogen and oxygen atoms in total. The lowest BCUT2D eigenvalue weighted by molar-refractivity contribution is 0.0552. The summed E-state index contributed by atoms with van der Waals surface area (Å²) in [4.78, 5) is 12.4. The average molecular weight is 524 g/mol. The highest BCUT2D eigenvalue weighted by atomic mass is 16.5. The summed E-state index contributed by atoms with van der Waals surface area (Å²) in [6.45, 7) is 6.60. The average Bonchev–Trinajstić information content (AvgIpc) is 3.50. The van der Waals surface area contributed by atoms with Crippen LogP contribution in [-0.4, -0.2) is 69.0 Å². The normalized spacial score (nSPS) is 17.7. The second-order valence-corrected chi connectivity index (χ2v) is 10.5. The zero-order valence-electron chi connectivity index (χ0n) is 22.5. The second-order valence-electron chi connectivity index (χ2n) is 10.5. The van der Waals surface area contributed by atoms with Gasteiger partial charge in [-0.2, -0.15) is 0 Å². The molecule has 7 rings (SSSR count). The molecule has 0 spiro atoms. The number of morpholine rings is 1. The molecule has 2 aliphatic rings. The molecule has 4 aromatic heterocycles. The van der Waals surface area contributed by atoms with Crippen molar-refractivity contribution in [2.75, 3.05) is 44.4 Å². The molecular weight excluding hydrogens is 490 g/mol. The molecule has 9 heteroatoms. The van der Waals surface area contributed by atoms with E-state index in [2.05, 4.69) is 62.2 Å². The number of fused-ring (bicyclic) bond motifs is 3. The van der Waals surface area contributed by atoms with Crippen LogP contribution in [0, 0.1) is 12.8 Å². The number of nitrogens with zero attached hydrogens (tertiary/aromatic N) is 7. The molecule has 39 heavy (non-hydrogen) atoms. The van der Waals surface area contributed by atoms with E-state index in [4.69, 9.17) is 19.4 Å². The van der Waals surface area contributed by atoms with Crippen molar-refractivity contribution in [3.63, 3.8) is 0 Å². The Bertz CT molecular complexity index is 1600. The molecule has 0 N–H and O–H groups in total. The van der Waals surface area contributed by atoms with Crippen molar-refractivity contribution in [1.29, 1.82) is 0 Å². The van der Waals surface area contributed by atoms with Crippen LogP contribution in [0.4, 0.5) is 5.82 Å².